The molecule has 2 aromatic carbocycles. The van der Waals surface area contributed by atoms with E-state index in [1.807, 2.05) is 4.90 Å². The van der Waals surface area contributed by atoms with Gasteiger partial charge in [0.15, 0.2) is 5.69 Å². The lowest BCUT2D eigenvalue weighted by molar-refractivity contribution is 0.0627. The molecule has 1 aromatic heterocycles. The van der Waals surface area contributed by atoms with Gasteiger partial charge in [-0.25, -0.2) is 4.39 Å². The van der Waals surface area contributed by atoms with Gasteiger partial charge in [-0.3, -0.25) is 14.5 Å². The number of carbonyl (C=O) groups is 2. The van der Waals surface area contributed by atoms with Crippen LogP contribution in [0.3, 0.4) is 0 Å². The summed E-state index contributed by atoms with van der Waals surface area (Å²) in [6.07, 6.45) is 3.84. The predicted octanol–water partition coefficient (Wildman–Crippen LogP) is 3.70. The Morgan fingerprint density at radius 1 is 1.06 bits per heavy atom. The normalized spacial score (nSPS) is 16.2. The molecule has 0 unspecified atom stereocenters. The average molecular weight is 495 g/mol. The fourth-order valence-electron chi connectivity index (χ4n) is 4.38. The van der Waals surface area contributed by atoms with Gasteiger partial charge in [-0.05, 0) is 49.2 Å². The summed E-state index contributed by atoms with van der Waals surface area (Å²) in [5.74, 6) is -1.42. The minimum absolute atomic E-state index is 0.0192. The Morgan fingerprint density at radius 3 is 2.40 bits per heavy atom. The molecule has 35 heavy (non-hydrogen) atoms. The molecule has 3 aromatic rings. The summed E-state index contributed by atoms with van der Waals surface area (Å²) in [6, 6.07) is 11.9. The number of carbonyl (C=O) groups excluding carboxylic acids is 2. The third kappa shape index (κ3) is 4.82. The van der Waals surface area contributed by atoms with Crippen LogP contribution >= 0.6 is 11.6 Å². The Kier molecular flexibility index (Phi) is 6.36. The summed E-state index contributed by atoms with van der Waals surface area (Å²) in [7, 11) is 0. The Hall–Kier alpha value is -3.56. The van der Waals surface area contributed by atoms with Gasteiger partial charge >= 0.3 is 0 Å². The molecule has 5 rings (SSSR count). The topological polar surface area (TPSA) is 104 Å². The van der Waals surface area contributed by atoms with Gasteiger partial charge in [0.1, 0.15) is 5.82 Å². The SMILES string of the molecule is NC(=O)c1nncc(-c2c(F)cccc2Cl)c1Nc1ccc(C(=O)N2CCN(C3CC3)CC2)cc1. The smallest absolute Gasteiger partial charge is 0.271 e. The molecular formula is C25H24ClFN6O2. The number of nitrogens with one attached hydrogen (secondary N) is 1. The Balaban J connectivity index is 1.38. The molecule has 1 aliphatic heterocycles. The standard InChI is InChI=1S/C25H24ClFN6O2/c26-19-2-1-3-20(27)21(19)18-14-29-31-23(24(28)34)22(18)30-16-6-4-15(5-7-16)25(35)33-12-10-32(11-13-33)17-8-9-17/h1-7,14,17H,8-13H2,(H2,28,34)(H,29,30). The number of hydrogen-bond acceptors (Lipinski definition) is 6. The third-order valence-corrected chi connectivity index (χ3v) is 6.70. The monoisotopic (exact) mass is 494 g/mol. The van der Waals surface area contributed by atoms with Crippen LogP contribution in [0.4, 0.5) is 15.8 Å². The molecule has 0 atom stereocenters. The Labute approximate surface area is 206 Å². The van der Waals surface area contributed by atoms with E-state index < -0.39 is 11.7 Å². The second-order valence-corrected chi connectivity index (χ2v) is 9.11. The summed E-state index contributed by atoms with van der Waals surface area (Å²) in [6.45, 7) is 3.24. The van der Waals surface area contributed by atoms with Crippen molar-refractivity contribution in [3.63, 3.8) is 0 Å². The number of amides is 2. The number of benzene rings is 2. The van der Waals surface area contributed by atoms with E-state index >= 15 is 0 Å². The second-order valence-electron chi connectivity index (χ2n) is 8.70. The molecule has 180 valence electrons. The minimum atomic E-state index is -0.827. The Morgan fingerprint density at radius 2 is 1.77 bits per heavy atom. The summed E-state index contributed by atoms with van der Waals surface area (Å²) in [5, 5.41) is 10.9. The van der Waals surface area contributed by atoms with E-state index in [2.05, 4.69) is 20.4 Å². The lowest BCUT2D eigenvalue weighted by Gasteiger charge is -2.34. The molecule has 2 fully saturated rings. The fraction of sp³-hybridized carbons (Fsp3) is 0.280. The highest BCUT2D eigenvalue weighted by Gasteiger charge is 2.32. The van der Waals surface area contributed by atoms with Crippen molar-refractivity contribution in [3.8, 4) is 11.1 Å². The molecule has 0 bridgehead atoms. The number of aromatic nitrogens is 2. The van der Waals surface area contributed by atoms with Crippen LogP contribution in [0.1, 0.15) is 33.7 Å². The average Bonchev–Trinajstić information content (AvgIpc) is 3.70. The van der Waals surface area contributed by atoms with E-state index in [4.69, 9.17) is 17.3 Å². The van der Waals surface area contributed by atoms with Crippen molar-refractivity contribution >= 4 is 34.8 Å². The van der Waals surface area contributed by atoms with Gasteiger partial charge in [0.25, 0.3) is 11.8 Å². The molecule has 3 N–H and O–H groups in total. The molecule has 2 aliphatic rings. The van der Waals surface area contributed by atoms with Gasteiger partial charge in [-0.2, -0.15) is 5.10 Å². The highest BCUT2D eigenvalue weighted by molar-refractivity contribution is 6.33. The van der Waals surface area contributed by atoms with Gasteiger partial charge in [-0.1, -0.05) is 17.7 Å². The van der Waals surface area contributed by atoms with Gasteiger partial charge in [0.05, 0.1) is 16.9 Å². The maximum atomic E-state index is 14.7. The van der Waals surface area contributed by atoms with Gasteiger partial charge < -0.3 is 16.0 Å². The van der Waals surface area contributed by atoms with Crippen LogP contribution in [-0.4, -0.2) is 64.0 Å². The van der Waals surface area contributed by atoms with E-state index in [1.165, 1.54) is 31.2 Å². The number of nitrogens with zero attached hydrogens (tertiary/aromatic N) is 4. The number of piperazine rings is 1. The largest absolute Gasteiger partial charge is 0.364 e. The summed E-state index contributed by atoms with van der Waals surface area (Å²) in [5.41, 5.74) is 6.97. The van der Waals surface area contributed by atoms with Crippen molar-refractivity contribution in [3.05, 3.63) is 70.8 Å². The maximum Gasteiger partial charge on any atom is 0.271 e. The number of hydrogen-bond donors (Lipinski definition) is 2. The predicted molar refractivity (Wildman–Crippen MR) is 131 cm³/mol. The molecule has 2 heterocycles. The molecular weight excluding hydrogens is 471 g/mol. The van der Waals surface area contributed by atoms with Crippen LogP contribution in [-0.2, 0) is 0 Å². The van der Waals surface area contributed by atoms with Crippen LogP contribution in [0.15, 0.2) is 48.7 Å². The molecule has 8 nitrogen and oxygen atoms in total. The third-order valence-electron chi connectivity index (χ3n) is 6.38. The molecule has 1 aliphatic carbocycles. The fourth-order valence-corrected chi connectivity index (χ4v) is 4.65. The highest BCUT2D eigenvalue weighted by Crippen LogP contribution is 2.37. The lowest BCUT2D eigenvalue weighted by atomic mass is 10.0. The van der Waals surface area contributed by atoms with E-state index in [-0.39, 0.29) is 33.4 Å². The molecule has 1 saturated heterocycles. The first kappa shape index (κ1) is 23.2. The first-order chi connectivity index (χ1) is 16.9. The zero-order valence-electron chi connectivity index (χ0n) is 18.9. The zero-order chi connectivity index (χ0) is 24.5. The van der Waals surface area contributed by atoms with Crippen molar-refractivity contribution in [1.82, 2.24) is 20.0 Å². The number of nitrogens with two attached hydrogens (primary N) is 1. The molecule has 0 radical (unpaired) electrons. The van der Waals surface area contributed by atoms with Crippen molar-refractivity contribution < 1.29 is 14.0 Å². The first-order valence-electron chi connectivity index (χ1n) is 11.4. The molecule has 2 amide bonds. The summed E-state index contributed by atoms with van der Waals surface area (Å²) in [4.78, 5) is 29.3. The van der Waals surface area contributed by atoms with Crippen molar-refractivity contribution in [1.29, 1.82) is 0 Å². The number of anilines is 2. The first-order valence-corrected chi connectivity index (χ1v) is 11.8. The maximum absolute atomic E-state index is 14.7. The van der Waals surface area contributed by atoms with Crippen LogP contribution in [0.5, 0.6) is 0 Å². The number of primary amides is 1. The molecule has 0 spiro atoms. The van der Waals surface area contributed by atoms with E-state index in [0.717, 1.165) is 13.1 Å². The Bertz CT molecular complexity index is 1250. The van der Waals surface area contributed by atoms with Crippen LogP contribution in [0.25, 0.3) is 11.1 Å². The van der Waals surface area contributed by atoms with Gasteiger partial charge in [0.2, 0.25) is 0 Å². The quantitative estimate of drug-likeness (QED) is 0.541. The number of halogens is 2. The van der Waals surface area contributed by atoms with E-state index in [9.17, 15) is 14.0 Å². The lowest BCUT2D eigenvalue weighted by Crippen LogP contribution is -2.49. The van der Waals surface area contributed by atoms with Crippen LogP contribution in [0, 0.1) is 5.82 Å². The molecule has 1 saturated carbocycles. The van der Waals surface area contributed by atoms with Crippen LogP contribution in [0.2, 0.25) is 5.02 Å². The van der Waals surface area contributed by atoms with E-state index in [1.54, 1.807) is 30.3 Å². The second kappa shape index (κ2) is 9.59. The van der Waals surface area contributed by atoms with Gasteiger partial charge in [-0.15, -0.1) is 5.10 Å². The van der Waals surface area contributed by atoms with Crippen molar-refractivity contribution in [2.45, 2.75) is 18.9 Å². The highest BCUT2D eigenvalue weighted by atomic mass is 35.5. The van der Waals surface area contributed by atoms with Crippen molar-refractivity contribution in [2.24, 2.45) is 5.73 Å². The molecule has 10 heteroatoms. The number of rotatable bonds is 6. The summed E-state index contributed by atoms with van der Waals surface area (Å²) < 4.78 is 14.7. The minimum Gasteiger partial charge on any atom is -0.364 e. The van der Waals surface area contributed by atoms with E-state index in [0.29, 0.717) is 30.4 Å². The van der Waals surface area contributed by atoms with Crippen molar-refractivity contribution in [2.75, 3.05) is 31.5 Å². The van der Waals surface area contributed by atoms with Crippen LogP contribution < -0.4 is 11.1 Å². The summed E-state index contributed by atoms with van der Waals surface area (Å²) >= 11 is 6.25. The van der Waals surface area contributed by atoms with Gasteiger partial charge in [0, 0.05) is 54.6 Å². The zero-order valence-corrected chi connectivity index (χ0v) is 19.6.